The predicted molar refractivity (Wildman–Crippen MR) is 95.8 cm³/mol. The largest absolute Gasteiger partial charge is 0.489 e. The summed E-state index contributed by atoms with van der Waals surface area (Å²) in [7, 11) is 0. The highest BCUT2D eigenvalue weighted by molar-refractivity contribution is 6.31. The van der Waals surface area contributed by atoms with Gasteiger partial charge in [0.15, 0.2) is 0 Å². The molecule has 3 nitrogen and oxygen atoms in total. The van der Waals surface area contributed by atoms with Crippen molar-refractivity contribution in [3.63, 3.8) is 0 Å². The van der Waals surface area contributed by atoms with Crippen LogP contribution in [0.15, 0.2) is 72.9 Å². The molecule has 2 N–H and O–H groups in total. The van der Waals surface area contributed by atoms with Crippen molar-refractivity contribution in [2.24, 2.45) is 0 Å². The third kappa shape index (κ3) is 4.82. The van der Waals surface area contributed by atoms with E-state index in [1.54, 1.807) is 0 Å². The average Bonchev–Trinajstić information content (AvgIpc) is 2.63. The molecule has 24 heavy (non-hydrogen) atoms. The van der Waals surface area contributed by atoms with Crippen molar-refractivity contribution < 1.29 is 10.1 Å². The lowest BCUT2D eigenvalue weighted by molar-refractivity contribution is -0.686. The number of nitrogens with zero attached hydrogens (tertiary/aromatic N) is 1. The number of halogens is 1. The number of nitrogens with two attached hydrogens (primary N) is 1. The van der Waals surface area contributed by atoms with Crippen molar-refractivity contribution in [3.05, 3.63) is 94.8 Å². The second-order valence-corrected chi connectivity index (χ2v) is 5.95. The second kappa shape index (κ2) is 8.48. The molecule has 0 saturated heterocycles. The number of quaternary nitrogens is 1. The molecule has 0 aliphatic heterocycles. The number of benzene rings is 2. The number of aromatic nitrogens is 1. The third-order valence-electron chi connectivity index (χ3n) is 3.74. The molecule has 1 aromatic heterocycles. The van der Waals surface area contributed by atoms with Gasteiger partial charge in [-0.25, -0.2) is 0 Å². The smallest absolute Gasteiger partial charge is 0.119 e. The molecular weight excluding hydrogens is 320 g/mol. The highest BCUT2D eigenvalue weighted by Crippen LogP contribution is 2.18. The first-order chi connectivity index (χ1) is 11.8. The summed E-state index contributed by atoms with van der Waals surface area (Å²) >= 11 is 6.13. The highest BCUT2D eigenvalue weighted by Gasteiger charge is 2.02. The molecule has 3 aromatic rings. The molecule has 0 aliphatic carbocycles. The van der Waals surface area contributed by atoms with Crippen molar-refractivity contribution in [1.82, 2.24) is 4.98 Å². The van der Waals surface area contributed by atoms with E-state index < -0.39 is 0 Å². The van der Waals surface area contributed by atoms with Crippen LogP contribution in [0.1, 0.15) is 16.8 Å². The van der Waals surface area contributed by atoms with Gasteiger partial charge in [0.2, 0.25) is 0 Å². The van der Waals surface area contributed by atoms with Crippen LogP contribution in [0.3, 0.4) is 0 Å². The summed E-state index contributed by atoms with van der Waals surface area (Å²) < 4.78 is 5.80. The average molecular weight is 340 g/mol. The Morgan fingerprint density at radius 3 is 2.42 bits per heavy atom. The summed E-state index contributed by atoms with van der Waals surface area (Å²) in [4.78, 5) is 4.32. The van der Waals surface area contributed by atoms with Gasteiger partial charge in [0.1, 0.15) is 25.4 Å². The van der Waals surface area contributed by atoms with Crippen LogP contribution in [0, 0.1) is 0 Å². The first-order valence-electron chi connectivity index (χ1n) is 7.98. The standard InChI is InChI=1S/C20H19ClN2O/c21-20-7-2-1-5-17(20)15-24-19-10-8-16(9-11-19)13-22-14-18-6-3-4-12-23-18/h1-12,22H,13-15H2/p+1. The maximum Gasteiger partial charge on any atom is 0.119 e. The minimum atomic E-state index is 0.477. The van der Waals surface area contributed by atoms with E-state index in [9.17, 15) is 0 Å². The predicted octanol–water partition coefficient (Wildman–Crippen LogP) is 3.58. The SMILES string of the molecule is Clc1ccccc1COc1ccc(C[NH2+]Cc2ccccn2)cc1. The minimum Gasteiger partial charge on any atom is -0.489 e. The van der Waals surface area contributed by atoms with Gasteiger partial charge < -0.3 is 10.1 Å². The molecule has 3 rings (SSSR count). The maximum atomic E-state index is 6.13. The van der Waals surface area contributed by atoms with E-state index in [-0.39, 0.29) is 0 Å². The van der Waals surface area contributed by atoms with Crippen LogP contribution in [0.2, 0.25) is 5.02 Å². The Bertz CT molecular complexity index is 760. The van der Waals surface area contributed by atoms with E-state index >= 15 is 0 Å². The lowest BCUT2D eigenvalue weighted by Crippen LogP contribution is -2.80. The van der Waals surface area contributed by atoms with Crippen molar-refractivity contribution >= 4 is 11.6 Å². The van der Waals surface area contributed by atoms with Crippen LogP contribution in [0.4, 0.5) is 0 Å². The summed E-state index contributed by atoms with van der Waals surface area (Å²) in [5.41, 5.74) is 3.35. The van der Waals surface area contributed by atoms with E-state index in [0.29, 0.717) is 6.61 Å². The van der Waals surface area contributed by atoms with E-state index in [0.717, 1.165) is 35.1 Å². The Kier molecular flexibility index (Phi) is 5.83. The topological polar surface area (TPSA) is 38.7 Å². The monoisotopic (exact) mass is 339 g/mol. The van der Waals surface area contributed by atoms with Crippen LogP contribution >= 0.6 is 11.6 Å². The molecule has 1 heterocycles. The van der Waals surface area contributed by atoms with Crippen LogP contribution in [-0.4, -0.2) is 4.98 Å². The molecule has 0 unspecified atom stereocenters. The highest BCUT2D eigenvalue weighted by atomic mass is 35.5. The Balaban J connectivity index is 1.47. The Labute approximate surface area is 147 Å². The van der Waals surface area contributed by atoms with Crippen molar-refractivity contribution in [2.75, 3.05) is 0 Å². The number of hydrogen-bond acceptors (Lipinski definition) is 2. The van der Waals surface area contributed by atoms with Crippen LogP contribution in [-0.2, 0) is 19.7 Å². The number of hydrogen-bond donors (Lipinski definition) is 1. The zero-order chi connectivity index (χ0) is 16.6. The van der Waals surface area contributed by atoms with Crippen molar-refractivity contribution in [2.45, 2.75) is 19.7 Å². The van der Waals surface area contributed by atoms with Crippen LogP contribution in [0.5, 0.6) is 5.75 Å². The van der Waals surface area contributed by atoms with Crippen LogP contribution < -0.4 is 10.1 Å². The quantitative estimate of drug-likeness (QED) is 0.714. The number of pyridine rings is 1. The molecule has 0 atom stereocenters. The first kappa shape index (κ1) is 16.5. The lowest BCUT2D eigenvalue weighted by atomic mass is 10.2. The molecule has 2 aromatic carbocycles. The minimum absolute atomic E-state index is 0.477. The van der Waals surface area contributed by atoms with Gasteiger partial charge in [0.05, 0.1) is 5.69 Å². The van der Waals surface area contributed by atoms with E-state index in [1.165, 1.54) is 5.56 Å². The fourth-order valence-electron chi connectivity index (χ4n) is 2.40. The Hall–Kier alpha value is -2.36. The summed E-state index contributed by atoms with van der Waals surface area (Å²) in [5.74, 6) is 0.850. The molecule has 0 radical (unpaired) electrons. The Morgan fingerprint density at radius 1 is 0.875 bits per heavy atom. The van der Waals surface area contributed by atoms with E-state index in [4.69, 9.17) is 16.3 Å². The van der Waals surface area contributed by atoms with Gasteiger partial charge in [-0.05, 0) is 42.5 Å². The molecule has 0 spiro atoms. The van der Waals surface area contributed by atoms with E-state index in [2.05, 4.69) is 22.4 Å². The van der Waals surface area contributed by atoms with E-state index in [1.807, 2.05) is 60.8 Å². The van der Waals surface area contributed by atoms with Crippen molar-refractivity contribution in [1.29, 1.82) is 0 Å². The fraction of sp³-hybridized carbons (Fsp3) is 0.150. The number of rotatable bonds is 7. The number of ether oxygens (including phenoxy) is 1. The van der Waals surface area contributed by atoms with Crippen LogP contribution in [0.25, 0.3) is 0 Å². The molecule has 0 bridgehead atoms. The second-order valence-electron chi connectivity index (χ2n) is 5.54. The maximum absolute atomic E-state index is 6.13. The normalized spacial score (nSPS) is 10.5. The summed E-state index contributed by atoms with van der Waals surface area (Å²) in [6.45, 7) is 2.28. The van der Waals surface area contributed by atoms with Gasteiger partial charge in [0, 0.05) is 22.3 Å². The zero-order valence-electron chi connectivity index (χ0n) is 13.4. The zero-order valence-corrected chi connectivity index (χ0v) is 14.1. The Morgan fingerprint density at radius 2 is 1.67 bits per heavy atom. The third-order valence-corrected chi connectivity index (χ3v) is 4.10. The molecule has 0 amide bonds. The molecule has 0 fully saturated rings. The molecule has 0 aliphatic rings. The van der Waals surface area contributed by atoms with Crippen molar-refractivity contribution in [3.8, 4) is 5.75 Å². The summed E-state index contributed by atoms with van der Waals surface area (Å²) in [6, 6.07) is 21.9. The molecule has 0 saturated carbocycles. The first-order valence-corrected chi connectivity index (χ1v) is 8.36. The van der Waals surface area contributed by atoms with Gasteiger partial charge in [0.25, 0.3) is 0 Å². The van der Waals surface area contributed by atoms with Gasteiger partial charge in [-0.3, -0.25) is 4.98 Å². The van der Waals surface area contributed by atoms with Gasteiger partial charge in [-0.2, -0.15) is 0 Å². The van der Waals surface area contributed by atoms with Gasteiger partial charge in [-0.1, -0.05) is 35.9 Å². The molecule has 4 heteroatoms. The molecular formula is C20H20ClN2O+. The lowest BCUT2D eigenvalue weighted by Gasteiger charge is -2.08. The van der Waals surface area contributed by atoms with Gasteiger partial charge in [-0.15, -0.1) is 0 Å². The summed E-state index contributed by atoms with van der Waals surface area (Å²) in [5, 5.41) is 2.97. The molecule has 122 valence electrons. The fourth-order valence-corrected chi connectivity index (χ4v) is 2.59. The van der Waals surface area contributed by atoms with Gasteiger partial charge >= 0.3 is 0 Å². The summed E-state index contributed by atoms with van der Waals surface area (Å²) in [6.07, 6.45) is 1.83.